The first-order valence-corrected chi connectivity index (χ1v) is 8.75. The number of hydrogen-bond acceptors (Lipinski definition) is 4. The van der Waals surface area contributed by atoms with Gasteiger partial charge in [0.2, 0.25) is 0 Å². The molecule has 1 N–H and O–H groups in total. The predicted octanol–water partition coefficient (Wildman–Crippen LogP) is 3.30. The largest absolute Gasteiger partial charge is 0.493 e. The molecule has 144 valence electrons. The molecule has 1 unspecified atom stereocenters. The summed E-state index contributed by atoms with van der Waals surface area (Å²) in [5, 5.41) is 3.00. The Morgan fingerprint density at radius 1 is 1.22 bits per heavy atom. The third-order valence-electron chi connectivity index (χ3n) is 4.50. The van der Waals surface area contributed by atoms with E-state index in [0.29, 0.717) is 5.56 Å². The second-order valence-corrected chi connectivity index (χ2v) is 6.42. The molecule has 0 aromatic heterocycles. The zero-order valence-electron chi connectivity index (χ0n) is 15.0. The summed E-state index contributed by atoms with van der Waals surface area (Å²) in [5.41, 5.74) is 1.58. The first-order chi connectivity index (χ1) is 13.0. The highest BCUT2D eigenvalue weighted by Crippen LogP contribution is 2.29. The first kappa shape index (κ1) is 19.1. The summed E-state index contributed by atoms with van der Waals surface area (Å²) in [5.74, 6) is -0.262. The zero-order chi connectivity index (χ0) is 19.2. The highest BCUT2D eigenvalue weighted by Gasteiger charge is 2.24. The lowest BCUT2D eigenvalue weighted by atomic mass is 10.1. The monoisotopic (exact) mass is 376 g/mol. The summed E-state index contributed by atoms with van der Waals surface area (Å²) in [6.45, 7) is -0.428. The van der Waals surface area contributed by atoms with Crippen LogP contribution in [0.1, 0.15) is 22.3 Å². The van der Waals surface area contributed by atoms with Gasteiger partial charge in [0.25, 0.3) is 5.91 Å². The van der Waals surface area contributed by atoms with E-state index in [2.05, 4.69) is 27.1 Å². The molecule has 0 spiro atoms. The quantitative estimate of drug-likeness (QED) is 0.806. The summed E-state index contributed by atoms with van der Waals surface area (Å²) in [6.07, 6.45) is 0.863. The van der Waals surface area contributed by atoms with Crippen molar-refractivity contribution in [2.75, 3.05) is 20.2 Å². The molecule has 5 nitrogen and oxygen atoms in total. The van der Waals surface area contributed by atoms with Crippen molar-refractivity contribution >= 4 is 5.91 Å². The number of halogens is 2. The standard InChI is InChI=1S/C20H22F2N2O3/c1-26-18-11-15(7-8-17(18)27-20(21)22)19(25)23-16-9-10-24(13-16)12-14-5-3-2-4-6-14/h2-8,11,16,20H,9-10,12-13H2,1H3,(H,23,25). The third kappa shape index (κ3) is 5.17. The number of amides is 1. The van der Waals surface area contributed by atoms with Crippen LogP contribution in [0.2, 0.25) is 0 Å². The number of carbonyl (C=O) groups excluding carboxylic acids is 1. The van der Waals surface area contributed by atoms with Crippen LogP contribution in [0.4, 0.5) is 8.78 Å². The van der Waals surface area contributed by atoms with E-state index in [1.807, 2.05) is 18.2 Å². The van der Waals surface area contributed by atoms with Gasteiger partial charge in [0.05, 0.1) is 7.11 Å². The Labute approximate surface area is 156 Å². The zero-order valence-corrected chi connectivity index (χ0v) is 15.0. The molecule has 0 bridgehead atoms. The van der Waals surface area contributed by atoms with Gasteiger partial charge in [0.15, 0.2) is 11.5 Å². The molecule has 1 amide bonds. The van der Waals surface area contributed by atoms with Gasteiger partial charge in [0, 0.05) is 31.2 Å². The average Bonchev–Trinajstić information content (AvgIpc) is 3.09. The van der Waals surface area contributed by atoms with Gasteiger partial charge < -0.3 is 14.8 Å². The number of methoxy groups -OCH3 is 1. The lowest BCUT2D eigenvalue weighted by Gasteiger charge is -2.17. The van der Waals surface area contributed by atoms with Crippen molar-refractivity contribution in [3.63, 3.8) is 0 Å². The van der Waals surface area contributed by atoms with Crippen LogP contribution in [0, 0.1) is 0 Å². The summed E-state index contributed by atoms with van der Waals surface area (Å²) < 4.78 is 34.2. The average molecular weight is 376 g/mol. The number of benzene rings is 2. The van der Waals surface area contributed by atoms with Crippen molar-refractivity contribution < 1.29 is 23.0 Å². The maximum atomic E-state index is 12.5. The molecule has 1 fully saturated rings. The number of ether oxygens (including phenoxy) is 2. The molecule has 1 saturated heterocycles. The van der Waals surface area contributed by atoms with Crippen molar-refractivity contribution in [2.24, 2.45) is 0 Å². The fraction of sp³-hybridized carbons (Fsp3) is 0.350. The van der Waals surface area contributed by atoms with Gasteiger partial charge in [-0.05, 0) is 30.2 Å². The number of nitrogens with one attached hydrogen (secondary N) is 1. The van der Waals surface area contributed by atoms with Crippen molar-refractivity contribution in [3.8, 4) is 11.5 Å². The van der Waals surface area contributed by atoms with Gasteiger partial charge in [-0.3, -0.25) is 9.69 Å². The number of likely N-dealkylation sites (tertiary alicyclic amines) is 1. The first-order valence-electron chi connectivity index (χ1n) is 8.75. The van der Waals surface area contributed by atoms with Gasteiger partial charge in [-0.25, -0.2) is 0 Å². The Morgan fingerprint density at radius 3 is 2.70 bits per heavy atom. The van der Waals surface area contributed by atoms with E-state index in [-0.39, 0.29) is 23.4 Å². The van der Waals surface area contributed by atoms with E-state index in [1.54, 1.807) is 0 Å². The molecule has 1 aliphatic heterocycles. The van der Waals surface area contributed by atoms with Gasteiger partial charge in [-0.2, -0.15) is 8.78 Å². The van der Waals surface area contributed by atoms with Crippen LogP contribution < -0.4 is 14.8 Å². The van der Waals surface area contributed by atoms with Crippen LogP contribution in [0.25, 0.3) is 0 Å². The summed E-state index contributed by atoms with van der Waals surface area (Å²) in [4.78, 5) is 14.8. The molecule has 0 saturated carbocycles. The number of hydrogen-bond donors (Lipinski definition) is 1. The van der Waals surface area contributed by atoms with E-state index >= 15 is 0 Å². The highest BCUT2D eigenvalue weighted by atomic mass is 19.3. The van der Waals surface area contributed by atoms with Crippen LogP contribution >= 0.6 is 0 Å². The van der Waals surface area contributed by atoms with Gasteiger partial charge >= 0.3 is 6.61 Å². The molecule has 3 rings (SSSR count). The van der Waals surface area contributed by atoms with E-state index in [4.69, 9.17) is 4.74 Å². The van der Waals surface area contributed by atoms with Gasteiger partial charge in [-0.1, -0.05) is 30.3 Å². The number of carbonyl (C=O) groups is 1. The number of rotatable bonds is 7. The topological polar surface area (TPSA) is 50.8 Å². The van der Waals surface area contributed by atoms with Gasteiger partial charge in [0.1, 0.15) is 0 Å². The molecule has 0 aliphatic carbocycles. The molecule has 1 heterocycles. The van der Waals surface area contributed by atoms with Crippen LogP contribution in [0.3, 0.4) is 0 Å². The van der Waals surface area contributed by atoms with Crippen LogP contribution in [0.15, 0.2) is 48.5 Å². The SMILES string of the molecule is COc1cc(C(=O)NC2CCN(Cc3ccccc3)C2)ccc1OC(F)F. The summed E-state index contributed by atoms with van der Waals surface area (Å²) >= 11 is 0. The fourth-order valence-corrected chi connectivity index (χ4v) is 3.21. The Morgan fingerprint density at radius 2 is 2.00 bits per heavy atom. The van der Waals surface area contributed by atoms with Gasteiger partial charge in [-0.15, -0.1) is 0 Å². The predicted molar refractivity (Wildman–Crippen MR) is 97.2 cm³/mol. The maximum Gasteiger partial charge on any atom is 0.387 e. The molecule has 2 aromatic carbocycles. The van der Waals surface area contributed by atoms with Crippen molar-refractivity contribution in [2.45, 2.75) is 25.6 Å². The lowest BCUT2D eigenvalue weighted by molar-refractivity contribution is -0.0512. The van der Waals surface area contributed by atoms with Crippen LogP contribution in [0.5, 0.6) is 11.5 Å². The van der Waals surface area contributed by atoms with E-state index in [0.717, 1.165) is 26.1 Å². The second kappa shape index (κ2) is 8.81. The lowest BCUT2D eigenvalue weighted by Crippen LogP contribution is -2.37. The molecular weight excluding hydrogens is 354 g/mol. The molecule has 2 aromatic rings. The minimum absolute atomic E-state index is 0.0456. The molecule has 0 radical (unpaired) electrons. The Bertz CT molecular complexity index is 771. The molecule has 1 aliphatic rings. The summed E-state index contributed by atoms with van der Waals surface area (Å²) in [7, 11) is 1.34. The molecule has 27 heavy (non-hydrogen) atoms. The Balaban J connectivity index is 1.57. The molecular formula is C20H22F2N2O3. The number of alkyl halides is 2. The Kier molecular flexibility index (Phi) is 6.24. The van der Waals surface area contributed by atoms with Crippen molar-refractivity contribution in [1.82, 2.24) is 10.2 Å². The molecule has 1 atom stereocenters. The van der Waals surface area contributed by atoms with Crippen molar-refractivity contribution in [3.05, 3.63) is 59.7 Å². The minimum Gasteiger partial charge on any atom is -0.493 e. The van der Waals surface area contributed by atoms with Crippen LogP contribution in [-0.4, -0.2) is 43.7 Å². The summed E-state index contributed by atoms with van der Waals surface area (Å²) in [6, 6.07) is 14.4. The third-order valence-corrected chi connectivity index (χ3v) is 4.50. The number of nitrogens with zero attached hydrogens (tertiary/aromatic N) is 1. The smallest absolute Gasteiger partial charge is 0.387 e. The van der Waals surface area contributed by atoms with Crippen molar-refractivity contribution in [1.29, 1.82) is 0 Å². The highest BCUT2D eigenvalue weighted by molar-refractivity contribution is 5.95. The van der Waals surface area contributed by atoms with Crippen LogP contribution in [-0.2, 0) is 6.54 Å². The fourth-order valence-electron chi connectivity index (χ4n) is 3.21. The van der Waals surface area contributed by atoms with E-state index < -0.39 is 6.61 Å². The molecule has 7 heteroatoms. The second-order valence-electron chi connectivity index (χ2n) is 6.42. The Hall–Kier alpha value is -2.67. The normalized spacial score (nSPS) is 17.1. The minimum atomic E-state index is -2.95. The van der Waals surface area contributed by atoms with E-state index in [1.165, 1.54) is 30.9 Å². The van der Waals surface area contributed by atoms with E-state index in [9.17, 15) is 13.6 Å². The maximum absolute atomic E-state index is 12.5.